The number of pyridine rings is 1. The SMILES string of the molecule is CNCCCN1c2ncccc2N(c2ccccc2)S1(=O)=O. The van der Waals surface area contributed by atoms with Crippen molar-refractivity contribution in [2.75, 3.05) is 28.7 Å². The summed E-state index contributed by atoms with van der Waals surface area (Å²) in [6.07, 6.45) is 2.34. The molecule has 1 aromatic carbocycles. The van der Waals surface area contributed by atoms with Crippen LogP contribution in [0.1, 0.15) is 6.42 Å². The van der Waals surface area contributed by atoms with Gasteiger partial charge in [0.05, 0.1) is 5.69 Å². The Labute approximate surface area is 130 Å². The highest BCUT2D eigenvalue weighted by atomic mass is 32.2. The van der Waals surface area contributed by atoms with Gasteiger partial charge in [0.25, 0.3) is 0 Å². The summed E-state index contributed by atoms with van der Waals surface area (Å²) < 4.78 is 28.6. The van der Waals surface area contributed by atoms with Crippen LogP contribution in [0.2, 0.25) is 0 Å². The molecular formula is C15H18N4O2S. The molecule has 22 heavy (non-hydrogen) atoms. The Morgan fingerprint density at radius 1 is 1.14 bits per heavy atom. The van der Waals surface area contributed by atoms with Gasteiger partial charge in [-0.1, -0.05) is 18.2 Å². The first-order valence-electron chi connectivity index (χ1n) is 7.14. The van der Waals surface area contributed by atoms with Gasteiger partial charge in [-0.2, -0.15) is 8.42 Å². The van der Waals surface area contributed by atoms with Gasteiger partial charge in [-0.05, 0) is 44.3 Å². The molecule has 0 bridgehead atoms. The molecule has 3 rings (SSSR count). The number of fused-ring (bicyclic) bond motifs is 1. The minimum atomic E-state index is -3.64. The average molecular weight is 318 g/mol. The van der Waals surface area contributed by atoms with Gasteiger partial charge < -0.3 is 5.32 Å². The molecule has 0 saturated heterocycles. The largest absolute Gasteiger partial charge is 0.332 e. The lowest BCUT2D eigenvalue weighted by Gasteiger charge is -2.21. The molecule has 2 aromatic rings. The fourth-order valence-electron chi connectivity index (χ4n) is 2.53. The number of hydrogen-bond donors (Lipinski definition) is 1. The first kappa shape index (κ1) is 14.8. The van der Waals surface area contributed by atoms with Crippen LogP contribution in [0, 0.1) is 0 Å². The second kappa shape index (κ2) is 5.94. The Hall–Kier alpha value is -2.12. The second-order valence-corrected chi connectivity index (χ2v) is 6.68. The molecule has 2 heterocycles. The van der Waals surface area contributed by atoms with Crippen molar-refractivity contribution in [1.82, 2.24) is 10.3 Å². The molecule has 0 aliphatic carbocycles. The van der Waals surface area contributed by atoms with E-state index in [-0.39, 0.29) is 0 Å². The molecule has 0 spiro atoms. The summed E-state index contributed by atoms with van der Waals surface area (Å²) in [6, 6.07) is 12.6. The third kappa shape index (κ3) is 2.42. The molecule has 0 amide bonds. The third-order valence-corrected chi connectivity index (χ3v) is 5.29. The van der Waals surface area contributed by atoms with Gasteiger partial charge in [-0.3, -0.25) is 0 Å². The fourth-order valence-corrected chi connectivity index (χ4v) is 4.22. The summed E-state index contributed by atoms with van der Waals surface area (Å²) >= 11 is 0. The molecule has 0 saturated carbocycles. The first-order valence-corrected chi connectivity index (χ1v) is 8.53. The zero-order chi connectivity index (χ0) is 15.6. The number of benzene rings is 1. The molecule has 7 heteroatoms. The summed E-state index contributed by atoms with van der Waals surface area (Å²) in [5.74, 6) is 0.488. The average Bonchev–Trinajstić information content (AvgIpc) is 2.75. The van der Waals surface area contributed by atoms with E-state index >= 15 is 0 Å². The van der Waals surface area contributed by atoms with E-state index in [1.165, 1.54) is 8.61 Å². The summed E-state index contributed by atoms with van der Waals surface area (Å²) in [5, 5.41) is 3.03. The van der Waals surface area contributed by atoms with Crippen molar-refractivity contribution in [2.24, 2.45) is 0 Å². The van der Waals surface area contributed by atoms with Crippen LogP contribution in [0.15, 0.2) is 48.7 Å². The monoisotopic (exact) mass is 318 g/mol. The summed E-state index contributed by atoms with van der Waals surface area (Å²) in [6.45, 7) is 1.15. The fraction of sp³-hybridized carbons (Fsp3) is 0.267. The maximum absolute atomic E-state index is 12.9. The third-order valence-electron chi connectivity index (χ3n) is 3.51. The van der Waals surface area contributed by atoms with Crippen LogP contribution < -0.4 is 13.9 Å². The highest BCUT2D eigenvalue weighted by Gasteiger charge is 2.41. The van der Waals surface area contributed by atoms with Crippen molar-refractivity contribution < 1.29 is 8.42 Å². The normalized spacial score (nSPS) is 15.9. The molecule has 1 aromatic heterocycles. The van der Waals surface area contributed by atoms with E-state index in [1.807, 2.05) is 25.2 Å². The van der Waals surface area contributed by atoms with Crippen molar-refractivity contribution in [2.45, 2.75) is 6.42 Å². The first-order chi connectivity index (χ1) is 10.7. The summed E-state index contributed by atoms with van der Waals surface area (Å²) in [7, 11) is -1.80. The Bertz CT molecular complexity index is 749. The molecular weight excluding hydrogens is 300 g/mol. The van der Waals surface area contributed by atoms with Crippen LogP contribution in [-0.2, 0) is 10.2 Å². The quantitative estimate of drug-likeness (QED) is 0.855. The van der Waals surface area contributed by atoms with Crippen molar-refractivity contribution in [3.63, 3.8) is 0 Å². The molecule has 0 radical (unpaired) electrons. The van der Waals surface area contributed by atoms with Gasteiger partial charge in [0.1, 0.15) is 5.69 Å². The van der Waals surface area contributed by atoms with Crippen LogP contribution in [0.4, 0.5) is 17.2 Å². The lowest BCUT2D eigenvalue weighted by molar-refractivity contribution is 0.591. The molecule has 116 valence electrons. The number of hydrogen-bond acceptors (Lipinski definition) is 4. The van der Waals surface area contributed by atoms with Gasteiger partial charge in [0.2, 0.25) is 0 Å². The molecule has 1 aliphatic heterocycles. The second-order valence-electron chi connectivity index (χ2n) is 4.98. The molecule has 0 fully saturated rings. The summed E-state index contributed by atoms with van der Waals surface area (Å²) in [5.41, 5.74) is 1.21. The molecule has 1 N–H and O–H groups in total. The number of para-hydroxylation sites is 1. The zero-order valence-corrected chi connectivity index (χ0v) is 13.1. The van der Waals surface area contributed by atoms with E-state index in [1.54, 1.807) is 30.5 Å². The number of anilines is 3. The maximum atomic E-state index is 12.9. The lowest BCUT2D eigenvalue weighted by Crippen LogP contribution is -2.37. The van der Waals surface area contributed by atoms with Crippen molar-refractivity contribution in [1.29, 1.82) is 0 Å². The van der Waals surface area contributed by atoms with Crippen molar-refractivity contribution in [3.05, 3.63) is 48.7 Å². The number of nitrogens with zero attached hydrogens (tertiary/aromatic N) is 3. The molecule has 6 nitrogen and oxygen atoms in total. The summed E-state index contributed by atoms with van der Waals surface area (Å²) in [4.78, 5) is 4.28. The van der Waals surface area contributed by atoms with Gasteiger partial charge in [-0.25, -0.2) is 13.6 Å². The van der Waals surface area contributed by atoms with E-state index in [4.69, 9.17) is 0 Å². The van der Waals surface area contributed by atoms with E-state index in [2.05, 4.69) is 10.3 Å². The van der Waals surface area contributed by atoms with Crippen LogP contribution in [0.25, 0.3) is 0 Å². The highest BCUT2D eigenvalue weighted by molar-refractivity contribution is 7.95. The number of rotatable bonds is 5. The predicted molar refractivity (Wildman–Crippen MR) is 87.6 cm³/mol. The van der Waals surface area contributed by atoms with E-state index in [9.17, 15) is 8.42 Å². The smallest absolute Gasteiger partial charge is 0.320 e. The topological polar surface area (TPSA) is 65.5 Å². The molecule has 0 atom stereocenters. The van der Waals surface area contributed by atoms with Crippen LogP contribution in [0.3, 0.4) is 0 Å². The number of nitrogens with one attached hydrogen (secondary N) is 1. The van der Waals surface area contributed by atoms with Gasteiger partial charge in [-0.15, -0.1) is 0 Å². The Balaban J connectivity index is 2.05. The molecule has 0 unspecified atom stereocenters. The van der Waals surface area contributed by atoms with E-state index in [0.29, 0.717) is 30.2 Å². The minimum Gasteiger partial charge on any atom is -0.320 e. The lowest BCUT2D eigenvalue weighted by atomic mass is 10.3. The van der Waals surface area contributed by atoms with Gasteiger partial charge in [0.15, 0.2) is 5.82 Å². The van der Waals surface area contributed by atoms with E-state index in [0.717, 1.165) is 6.54 Å². The van der Waals surface area contributed by atoms with Crippen LogP contribution in [0.5, 0.6) is 0 Å². The zero-order valence-electron chi connectivity index (χ0n) is 12.3. The van der Waals surface area contributed by atoms with Gasteiger partial charge >= 0.3 is 10.2 Å². The van der Waals surface area contributed by atoms with E-state index < -0.39 is 10.2 Å². The Morgan fingerprint density at radius 3 is 2.64 bits per heavy atom. The van der Waals surface area contributed by atoms with Crippen molar-refractivity contribution >= 4 is 27.4 Å². The van der Waals surface area contributed by atoms with Crippen LogP contribution >= 0.6 is 0 Å². The Kier molecular flexibility index (Phi) is 4.00. The minimum absolute atomic E-state index is 0.399. The highest BCUT2D eigenvalue weighted by Crippen LogP contribution is 2.43. The maximum Gasteiger partial charge on any atom is 0.332 e. The van der Waals surface area contributed by atoms with Crippen molar-refractivity contribution in [3.8, 4) is 0 Å². The predicted octanol–water partition coefficient (Wildman–Crippen LogP) is 1.89. The molecule has 1 aliphatic rings. The van der Waals surface area contributed by atoms with Crippen LogP contribution in [-0.4, -0.2) is 33.5 Å². The number of aromatic nitrogens is 1. The Morgan fingerprint density at radius 2 is 1.91 bits per heavy atom. The standard InChI is InChI=1S/C15H18N4O2S/c1-16-10-6-12-18-15-14(9-5-11-17-15)19(22(18,20)21)13-7-3-2-4-8-13/h2-5,7-9,11,16H,6,10,12H2,1H3. The van der Waals surface area contributed by atoms with Gasteiger partial charge in [0, 0.05) is 12.7 Å².